The second kappa shape index (κ2) is 8.12. The number of amidine groups is 1. The predicted octanol–water partition coefficient (Wildman–Crippen LogP) is 4.31. The van der Waals surface area contributed by atoms with Gasteiger partial charge in [0.15, 0.2) is 5.84 Å². The fourth-order valence-electron chi connectivity index (χ4n) is 2.88. The molecule has 0 fully saturated rings. The van der Waals surface area contributed by atoms with Crippen molar-refractivity contribution < 1.29 is 9.59 Å². The van der Waals surface area contributed by atoms with Crippen LogP contribution in [0.15, 0.2) is 95.6 Å². The van der Waals surface area contributed by atoms with E-state index in [4.69, 9.17) is 11.6 Å². The summed E-state index contributed by atoms with van der Waals surface area (Å²) >= 11 is 5.92. The maximum absolute atomic E-state index is 13.1. The number of hydrogen-bond donors (Lipinski definition) is 1. The van der Waals surface area contributed by atoms with Crippen LogP contribution in [0.25, 0.3) is 6.08 Å². The van der Waals surface area contributed by atoms with Gasteiger partial charge in [0.25, 0.3) is 11.8 Å². The standard InChI is InChI=1S/C23H16ClN3O2/c24-19-13-11-18(12-14-19)23(29)27-21(17-9-5-2-6-10-17)25-20(22(28)26-27)15-16-7-3-1-4-8-16/h1-15H,(H,26,28)/b20-15+. The van der Waals surface area contributed by atoms with E-state index in [0.717, 1.165) is 5.56 Å². The Hall–Kier alpha value is -3.70. The number of hydrazine groups is 1. The van der Waals surface area contributed by atoms with Crippen molar-refractivity contribution >= 4 is 35.3 Å². The van der Waals surface area contributed by atoms with E-state index in [2.05, 4.69) is 10.4 Å². The van der Waals surface area contributed by atoms with Crippen LogP contribution in [0.1, 0.15) is 21.5 Å². The minimum atomic E-state index is -0.462. The number of aliphatic imine (C=N–C) groups is 1. The molecule has 3 aromatic carbocycles. The van der Waals surface area contributed by atoms with Gasteiger partial charge in [0.05, 0.1) is 0 Å². The van der Waals surface area contributed by atoms with E-state index >= 15 is 0 Å². The van der Waals surface area contributed by atoms with Crippen LogP contribution in [0.4, 0.5) is 0 Å². The molecule has 142 valence electrons. The molecule has 29 heavy (non-hydrogen) atoms. The summed E-state index contributed by atoms with van der Waals surface area (Å²) in [4.78, 5) is 30.3. The molecule has 0 aromatic heterocycles. The zero-order valence-corrected chi connectivity index (χ0v) is 16.0. The highest BCUT2D eigenvalue weighted by Gasteiger charge is 2.30. The topological polar surface area (TPSA) is 61.8 Å². The van der Waals surface area contributed by atoms with E-state index in [1.165, 1.54) is 5.01 Å². The first-order valence-corrected chi connectivity index (χ1v) is 9.31. The van der Waals surface area contributed by atoms with Gasteiger partial charge in [-0.1, -0.05) is 72.3 Å². The molecule has 0 radical (unpaired) electrons. The molecular weight excluding hydrogens is 386 g/mol. The van der Waals surface area contributed by atoms with Gasteiger partial charge >= 0.3 is 0 Å². The van der Waals surface area contributed by atoms with Crippen molar-refractivity contribution in [3.8, 4) is 0 Å². The Bertz CT molecular complexity index is 1110. The van der Waals surface area contributed by atoms with Crippen LogP contribution in [-0.2, 0) is 4.79 Å². The third kappa shape index (κ3) is 4.10. The van der Waals surface area contributed by atoms with Crippen LogP contribution in [0, 0.1) is 0 Å². The Kier molecular flexibility index (Phi) is 5.22. The van der Waals surface area contributed by atoms with E-state index < -0.39 is 11.8 Å². The smallest absolute Gasteiger partial charge is 0.267 e. The van der Waals surface area contributed by atoms with Gasteiger partial charge in [0.2, 0.25) is 0 Å². The quantitative estimate of drug-likeness (QED) is 0.664. The van der Waals surface area contributed by atoms with Gasteiger partial charge in [-0.15, -0.1) is 0 Å². The molecule has 0 spiro atoms. The number of amides is 2. The number of hydrogen-bond acceptors (Lipinski definition) is 3. The minimum Gasteiger partial charge on any atom is -0.267 e. The van der Waals surface area contributed by atoms with Gasteiger partial charge in [-0.25, -0.2) is 4.99 Å². The number of carbonyl (C=O) groups is 2. The van der Waals surface area contributed by atoms with Crippen molar-refractivity contribution in [2.24, 2.45) is 4.99 Å². The first kappa shape index (κ1) is 18.7. The lowest BCUT2D eigenvalue weighted by atomic mass is 10.1. The molecule has 1 N–H and O–H groups in total. The zero-order valence-electron chi connectivity index (χ0n) is 15.2. The lowest BCUT2D eigenvalue weighted by Crippen LogP contribution is -2.53. The molecule has 0 unspecified atom stereocenters. The lowest BCUT2D eigenvalue weighted by Gasteiger charge is -2.28. The molecule has 1 aliphatic heterocycles. The molecule has 0 aliphatic carbocycles. The SMILES string of the molecule is O=C1NN(C(=O)c2ccc(Cl)cc2)C(c2ccccc2)=N/C1=C/c1ccccc1. The van der Waals surface area contributed by atoms with Crippen LogP contribution in [0.2, 0.25) is 5.02 Å². The van der Waals surface area contributed by atoms with E-state index in [0.29, 0.717) is 22.0 Å². The Morgan fingerprint density at radius 2 is 1.52 bits per heavy atom. The second-order valence-electron chi connectivity index (χ2n) is 6.33. The van der Waals surface area contributed by atoms with Crippen LogP contribution >= 0.6 is 11.6 Å². The summed E-state index contributed by atoms with van der Waals surface area (Å²) < 4.78 is 0. The average molecular weight is 402 g/mol. The minimum absolute atomic E-state index is 0.218. The summed E-state index contributed by atoms with van der Waals surface area (Å²) in [5.74, 6) is -0.528. The van der Waals surface area contributed by atoms with Crippen LogP contribution < -0.4 is 5.43 Å². The summed E-state index contributed by atoms with van der Waals surface area (Å²) in [5.41, 5.74) is 4.80. The Morgan fingerprint density at radius 1 is 0.897 bits per heavy atom. The van der Waals surface area contributed by atoms with Crippen molar-refractivity contribution in [3.05, 3.63) is 112 Å². The van der Waals surface area contributed by atoms with Crippen molar-refractivity contribution in [3.63, 3.8) is 0 Å². The highest BCUT2D eigenvalue weighted by atomic mass is 35.5. The van der Waals surface area contributed by atoms with Gasteiger partial charge in [-0.05, 0) is 35.9 Å². The average Bonchev–Trinajstić information content (AvgIpc) is 2.76. The Morgan fingerprint density at radius 3 is 2.17 bits per heavy atom. The van der Waals surface area contributed by atoms with Gasteiger partial charge in [-0.3, -0.25) is 15.0 Å². The number of benzene rings is 3. The van der Waals surface area contributed by atoms with E-state index in [-0.39, 0.29) is 5.70 Å². The van der Waals surface area contributed by atoms with Crippen LogP contribution in [-0.4, -0.2) is 22.7 Å². The molecule has 1 heterocycles. The lowest BCUT2D eigenvalue weighted by molar-refractivity contribution is -0.120. The highest BCUT2D eigenvalue weighted by Crippen LogP contribution is 2.19. The number of nitrogens with one attached hydrogen (secondary N) is 1. The zero-order chi connectivity index (χ0) is 20.2. The van der Waals surface area contributed by atoms with Crippen molar-refractivity contribution in [1.29, 1.82) is 0 Å². The molecule has 0 bridgehead atoms. The molecule has 1 aliphatic rings. The van der Waals surface area contributed by atoms with Crippen LogP contribution in [0.3, 0.4) is 0 Å². The highest BCUT2D eigenvalue weighted by molar-refractivity contribution is 6.30. The summed E-state index contributed by atoms with van der Waals surface area (Å²) in [6.07, 6.45) is 1.68. The number of carbonyl (C=O) groups excluding carboxylic acids is 2. The first-order chi connectivity index (χ1) is 14.1. The fourth-order valence-corrected chi connectivity index (χ4v) is 3.01. The summed E-state index contributed by atoms with van der Waals surface area (Å²) in [5, 5.41) is 1.69. The molecule has 0 atom stereocenters. The molecule has 0 saturated heterocycles. The summed E-state index contributed by atoms with van der Waals surface area (Å²) in [6.45, 7) is 0. The van der Waals surface area contributed by atoms with Gasteiger partial charge in [0.1, 0.15) is 5.70 Å². The van der Waals surface area contributed by atoms with E-state index in [1.54, 1.807) is 30.3 Å². The summed E-state index contributed by atoms with van der Waals surface area (Å²) in [6, 6.07) is 25.1. The summed E-state index contributed by atoms with van der Waals surface area (Å²) in [7, 11) is 0. The van der Waals surface area contributed by atoms with Gasteiger partial charge < -0.3 is 0 Å². The van der Waals surface area contributed by atoms with Crippen molar-refractivity contribution in [1.82, 2.24) is 10.4 Å². The number of nitrogens with zero attached hydrogens (tertiary/aromatic N) is 2. The fraction of sp³-hybridized carbons (Fsp3) is 0. The molecule has 5 nitrogen and oxygen atoms in total. The molecule has 4 rings (SSSR count). The van der Waals surface area contributed by atoms with Crippen molar-refractivity contribution in [2.75, 3.05) is 0 Å². The normalized spacial score (nSPS) is 15.1. The maximum atomic E-state index is 13.1. The second-order valence-corrected chi connectivity index (χ2v) is 6.77. The largest absolute Gasteiger partial charge is 0.288 e. The molecular formula is C23H16ClN3O2. The molecule has 2 amide bonds. The first-order valence-electron chi connectivity index (χ1n) is 8.94. The molecule has 0 saturated carbocycles. The molecule has 3 aromatic rings. The van der Waals surface area contributed by atoms with Crippen LogP contribution in [0.5, 0.6) is 0 Å². The number of halogens is 1. The van der Waals surface area contributed by atoms with Gasteiger partial charge in [0, 0.05) is 16.1 Å². The monoisotopic (exact) mass is 401 g/mol. The van der Waals surface area contributed by atoms with Crippen molar-refractivity contribution in [2.45, 2.75) is 0 Å². The van der Waals surface area contributed by atoms with E-state index in [9.17, 15) is 9.59 Å². The molecule has 6 heteroatoms. The third-order valence-corrected chi connectivity index (χ3v) is 4.57. The Labute approximate surface area is 172 Å². The number of rotatable bonds is 3. The Balaban J connectivity index is 1.78. The van der Waals surface area contributed by atoms with Gasteiger partial charge in [-0.2, -0.15) is 5.01 Å². The maximum Gasteiger partial charge on any atom is 0.288 e. The van der Waals surface area contributed by atoms with E-state index in [1.807, 2.05) is 60.7 Å². The predicted molar refractivity (Wildman–Crippen MR) is 113 cm³/mol. The third-order valence-electron chi connectivity index (χ3n) is 4.31.